The summed E-state index contributed by atoms with van der Waals surface area (Å²) in [4.78, 5) is 3.93. The molecule has 17 heavy (non-hydrogen) atoms. The number of hydrogen-bond acceptors (Lipinski definition) is 2. The number of alkyl halides is 3. The van der Waals surface area contributed by atoms with Crippen LogP contribution in [0.25, 0.3) is 0 Å². The molecule has 2 aliphatic heterocycles. The lowest BCUT2D eigenvalue weighted by Crippen LogP contribution is -2.73. The van der Waals surface area contributed by atoms with Crippen molar-refractivity contribution in [3.05, 3.63) is 0 Å². The Bertz CT molecular complexity index is 269. The largest absolute Gasteiger partial charge is 0.401 e. The van der Waals surface area contributed by atoms with Gasteiger partial charge in [-0.1, -0.05) is 6.42 Å². The third kappa shape index (κ3) is 2.76. The molecule has 0 unspecified atom stereocenters. The van der Waals surface area contributed by atoms with Crippen LogP contribution in [0.4, 0.5) is 13.2 Å². The highest BCUT2D eigenvalue weighted by Crippen LogP contribution is 2.38. The molecular weight excluding hydrogens is 229 g/mol. The molecule has 2 saturated heterocycles. The second-order valence-electron chi connectivity index (χ2n) is 5.72. The predicted octanol–water partition coefficient (Wildman–Crippen LogP) is 2.50. The van der Waals surface area contributed by atoms with Gasteiger partial charge in [-0.2, -0.15) is 13.2 Å². The number of hydrogen-bond donors (Lipinski definition) is 0. The Morgan fingerprint density at radius 2 is 1.82 bits per heavy atom. The van der Waals surface area contributed by atoms with Crippen LogP contribution in [0.3, 0.4) is 0 Å². The zero-order valence-electron chi connectivity index (χ0n) is 10.6. The van der Waals surface area contributed by atoms with E-state index in [1.54, 1.807) is 4.90 Å². The topological polar surface area (TPSA) is 6.48 Å². The predicted molar refractivity (Wildman–Crippen MR) is 60.9 cm³/mol. The maximum Gasteiger partial charge on any atom is 0.401 e. The minimum Gasteiger partial charge on any atom is -0.297 e. The van der Waals surface area contributed by atoms with Crippen molar-refractivity contribution < 1.29 is 13.2 Å². The SMILES string of the molecule is CC(C)N1CC2(CCCCN2CC(F)(F)F)C1. The summed E-state index contributed by atoms with van der Waals surface area (Å²) in [5, 5.41) is 0. The summed E-state index contributed by atoms with van der Waals surface area (Å²) < 4.78 is 37.6. The first-order valence-corrected chi connectivity index (χ1v) is 6.38. The van der Waals surface area contributed by atoms with Gasteiger partial charge in [-0.25, -0.2) is 0 Å². The van der Waals surface area contributed by atoms with Gasteiger partial charge in [-0.15, -0.1) is 0 Å². The molecular formula is C12H21F3N2. The third-order valence-corrected chi connectivity index (χ3v) is 4.09. The Kier molecular flexibility index (Phi) is 3.42. The molecule has 0 aromatic heterocycles. The van der Waals surface area contributed by atoms with E-state index < -0.39 is 12.7 Å². The average Bonchev–Trinajstić information content (AvgIpc) is 2.12. The Labute approximate surface area is 101 Å². The van der Waals surface area contributed by atoms with Crippen molar-refractivity contribution in [2.45, 2.75) is 50.9 Å². The molecule has 2 fully saturated rings. The van der Waals surface area contributed by atoms with Crippen LogP contribution in [0, 0.1) is 0 Å². The van der Waals surface area contributed by atoms with Gasteiger partial charge < -0.3 is 0 Å². The summed E-state index contributed by atoms with van der Waals surface area (Å²) in [6, 6.07) is 0.440. The van der Waals surface area contributed by atoms with Gasteiger partial charge in [0.15, 0.2) is 0 Å². The average molecular weight is 250 g/mol. The van der Waals surface area contributed by atoms with Gasteiger partial charge in [0, 0.05) is 24.7 Å². The van der Waals surface area contributed by atoms with Gasteiger partial charge in [-0.3, -0.25) is 9.80 Å². The molecule has 2 nitrogen and oxygen atoms in total. The maximum absolute atomic E-state index is 12.5. The summed E-state index contributed by atoms with van der Waals surface area (Å²) in [5.41, 5.74) is -0.183. The second kappa shape index (κ2) is 4.43. The van der Waals surface area contributed by atoms with Crippen LogP contribution in [0.2, 0.25) is 0 Å². The Balaban J connectivity index is 1.99. The number of likely N-dealkylation sites (tertiary alicyclic amines) is 2. The zero-order valence-corrected chi connectivity index (χ0v) is 10.6. The molecule has 0 atom stereocenters. The fourth-order valence-corrected chi connectivity index (χ4v) is 3.05. The van der Waals surface area contributed by atoms with Gasteiger partial charge >= 0.3 is 6.18 Å². The molecule has 1 spiro atoms. The minimum atomic E-state index is -4.07. The fourth-order valence-electron chi connectivity index (χ4n) is 3.05. The Hall–Kier alpha value is -0.290. The summed E-state index contributed by atoms with van der Waals surface area (Å²) in [7, 11) is 0. The lowest BCUT2D eigenvalue weighted by atomic mass is 9.79. The molecule has 0 bridgehead atoms. The monoisotopic (exact) mass is 250 g/mol. The molecule has 0 aliphatic carbocycles. The van der Waals surface area contributed by atoms with E-state index in [0.29, 0.717) is 12.6 Å². The van der Waals surface area contributed by atoms with Crippen LogP contribution < -0.4 is 0 Å². The number of halogens is 3. The molecule has 2 rings (SSSR count). The first-order valence-electron chi connectivity index (χ1n) is 6.38. The van der Waals surface area contributed by atoms with Gasteiger partial charge in [-0.05, 0) is 33.2 Å². The summed E-state index contributed by atoms with van der Waals surface area (Å²) in [6.07, 6.45) is -1.17. The Morgan fingerprint density at radius 3 is 2.35 bits per heavy atom. The fraction of sp³-hybridized carbons (Fsp3) is 1.00. The van der Waals surface area contributed by atoms with E-state index in [1.165, 1.54) is 0 Å². The van der Waals surface area contributed by atoms with Crippen LogP contribution >= 0.6 is 0 Å². The van der Waals surface area contributed by atoms with Gasteiger partial charge in [0.05, 0.1) is 6.54 Å². The first-order chi connectivity index (χ1) is 7.82. The van der Waals surface area contributed by atoms with E-state index in [0.717, 1.165) is 32.4 Å². The lowest BCUT2D eigenvalue weighted by molar-refractivity contribution is -0.184. The van der Waals surface area contributed by atoms with Crippen LogP contribution in [-0.2, 0) is 0 Å². The number of piperidine rings is 1. The maximum atomic E-state index is 12.5. The molecule has 100 valence electrons. The van der Waals surface area contributed by atoms with Crippen molar-refractivity contribution in [1.82, 2.24) is 9.80 Å². The smallest absolute Gasteiger partial charge is 0.297 e. The normalized spacial score (nSPS) is 26.5. The van der Waals surface area contributed by atoms with Crippen molar-refractivity contribution >= 4 is 0 Å². The molecule has 0 radical (unpaired) electrons. The Morgan fingerprint density at radius 1 is 1.18 bits per heavy atom. The van der Waals surface area contributed by atoms with Crippen LogP contribution in [0.5, 0.6) is 0 Å². The standard InChI is InChI=1S/C12H21F3N2/c1-10(2)16-7-11(8-16)5-3-4-6-17(11)9-12(13,14)15/h10H,3-9H2,1-2H3. The first kappa shape index (κ1) is 13.1. The molecule has 0 aromatic carbocycles. The van der Waals surface area contributed by atoms with Crippen molar-refractivity contribution in [3.63, 3.8) is 0 Å². The second-order valence-corrected chi connectivity index (χ2v) is 5.72. The van der Waals surface area contributed by atoms with E-state index in [-0.39, 0.29) is 5.54 Å². The van der Waals surface area contributed by atoms with E-state index in [1.807, 2.05) is 0 Å². The highest BCUT2D eigenvalue weighted by molar-refractivity contribution is 5.06. The van der Waals surface area contributed by atoms with E-state index in [4.69, 9.17) is 0 Å². The van der Waals surface area contributed by atoms with Crippen molar-refractivity contribution in [1.29, 1.82) is 0 Å². The summed E-state index contributed by atoms with van der Waals surface area (Å²) in [6.45, 7) is 5.68. The molecule has 2 heterocycles. The molecule has 5 heteroatoms. The molecule has 2 aliphatic rings. The third-order valence-electron chi connectivity index (χ3n) is 4.09. The van der Waals surface area contributed by atoms with E-state index in [2.05, 4.69) is 18.7 Å². The molecule has 0 amide bonds. The van der Waals surface area contributed by atoms with E-state index >= 15 is 0 Å². The highest BCUT2D eigenvalue weighted by atomic mass is 19.4. The van der Waals surface area contributed by atoms with Crippen LogP contribution in [0.15, 0.2) is 0 Å². The van der Waals surface area contributed by atoms with Crippen molar-refractivity contribution in [2.24, 2.45) is 0 Å². The van der Waals surface area contributed by atoms with E-state index in [9.17, 15) is 13.2 Å². The molecule has 0 aromatic rings. The highest BCUT2D eigenvalue weighted by Gasteiger charge is 2.51. The van der Waals surface area contributed by atoms with Gasteiger partial charge in [0.2, 0.25) is 0 Å². The summed E-state index contributed by atoms with van der Waals surface area (Å²) >= 11 is 0. The molecule has 0 N–H and O–H groups in total. The van der Waals surface area contributed by atoms with Crippen LogP contribution in [-0.4, -0.2) is 53.7 Å². The zero-order chi connectivity index (χ0) is 12.7. The van der Waals surface area contributed by atoms with Gasteiger partial charge in [0.1, 0.15) is 0 Å². The number of nitrogens with zero attached hydrogens (tertiary/aromatic N) is 2. The quantitative estimate of drug-likeness (QED) is 0.743. The van der Waals surface area contributed by atoms with Gasteiger partial charge in [0.25, 0.3) is 0 Å². The van der Waals surface area contributed by atoms with Crippen molar-refractivity contribution in [3.8, 4) is 0 Å². The number of rotatable bonds is 2. The molecule has 0 saturated carbocycles. The minimum absolute atomic E-state index is 0.183. The van der Waals surface area contributed by atoms with Crippen molar-refractivity contribution in [2.75, 3.05) is 26.2 Å². The lowest BCUT2D eigenvalue weighted by Gasteiger charge is -2.59. The summed E-state index contributed by atoms with van der Waals surface area (Å²) in [5.74, 6) is 0. The van der Waals surface area contributed by atoms with Crippen LogP contribution in [0.1, 0.15) is 33.1 Å².